The molecular weight excluding hydrogens is 839 g/mol. The number of carbonyl (C=O) groups is 8. The number of hydrogen-bond acceptors (Lipinski definition) is 13. The zero-order chi connectivity index (χ0) is 48.4. The van der Waals surface area contributed by atoms with Gasteiger partial charge in [0.1, 0.15) is 42.0 Å². The summed E-state index contributed by atoms with van der Waals surface area (Å²) in [6, 6.07) is -2.78. The maximum atomic E-state index is 14.0. The van der Waals surface area contributed by atoms with Gasteiger partial charge in [0.15, 0.2) is 11.9 Å². The topological polar surface area (TPSA) is 456 Å². The first kappa shape index (κ1) is 55.3. The highest BCUT2D eigenvalue weighted by atomic mass is 16.4. The summed E-state index contributed by atoms with van der Waals surface area (Å²) in [6.45, 7) is 3.59. The minimum Gasteiger partial charge on any atom is -0.508 e. The van der Waals surface area contributed by atoms with E-state index in [1.165, 1.54) is 24.3 Å². The second-order valence-electron chi connectivity index (χ2n) is 15.3. The Balaban J connectivity index is 3.49. The smallest absolute Gasteiger partial charge is 0.326 e. The molecular formula is C39H67N15O10. The van der Waals surface area contributed by atoms with Crippen molar-refractivity contribution in [3.63, 3.8) is 0 Å². The molecule has 0 bridgehead atoms. The van der Waals surface area contributed by atoms with Crippen molar-refractivity contribution in [2.24, 2.45) is 56.0 Å². The number of nitrogens with zero attached hydrogens (tertiary/aromatic N) is 2. The van der Waals surface area contributed by atoms with Gasteiger partial charge in [-0.15, -0.1) is 0 Å². The number of aliphatic imine (C=N–C) groups is 2. The first-order valence-electron chi connectivity index (χ1n) is 20.8. The van der Waals surface area contributed by atoms with Crippen molar-refractivity contribution < 1.29 is 48.6 Å². The summed E-state index contributed by atoms with van der Waals surface area (Å²) in [5.41, 5.74) is 38.8. The summed E-state index contributed by atoms with van der Waals surface area (Å²) >= 11 is 0. The lowest BCUT2D eigenvalue weighted by molar-refractivity contribution is -0.142. The molecule has 1 aromatic carbocycles. The van der Waals surface area contributed by atoms with Gasteiger partial charge in [0, 0.05) is 19.5 Å². The Morgan fingerprint density at radius 1 is 0.578 bits per heavy atom. The Hall–Kier alpha value is -6.76. The Labute approximate surface area is 371 Å². The monoisotopic (exact) mass is 906 g/mol. The zero-order valence-corrected chi connectivity index (χ0v) is 36.3. The molecule has 0 aliphatic heterocycles. The van der Waals surface area contributed by atoms with E-state index in [9.17, 15) is 48.6 Å². The van der Waals surface area contributed by atoms with E-state index in [1.54, 1.807) is 0 Å². The second kappa shape index (κ2) is 29.5. The van der Waals surface area contributed by atoms with E-state index in [0.29, 0.717) is 18.4 Å². The number of unbranched alkanes of at least 4 members (excludes halogenated alkanes) is 1. The molecule has 64 heavy (non-hydrogen) atoms. The number of nitrogens with one attached hydrogen (secondary N) is 6. The summed E-state index contributed by atoms with van der Waals surface area (Å²) in [5.74, 6) is -8.12. The van der Waals surface area contributed by atoms with Crippen LogP contribution in [0.3, 0.4) is 0 Å². The lowest BCUT2D eigenvalue weighted by Crippen LogP contribution is -2.60. The van der Waals surface area contributed by atoms with Crippen LogP contribution in [0.2, 0.25) is 0 Å². The van der Waals surface area contributed by atoms with Crippen LogP contribution in [-0.2, 0) is 44.8 Å². The van der Waals surface area contributed by atoms with Gasteiger partial charge in [-0.25, -0.2) is 4.79 Å². The van der Waals surface area contributed by atoms with Crippen LogP contribution in [0.15, 0.2) is 34.3 Å². The van der Waals surface area contributed by atoms with Gasteiger partial charge in [0.25, 0.3) is 0 Å². The number of hydrogen-bond donors (Lipinski definition) is 15. The largest absolute Gasteiger partial charge is 0.508 e. The van der Waals surface area contributed by atoms with Gasteiger partial charge < -0.3 is 82.2 Å². The number of aliphatic carboxylic acids is 1. The molecule has 7 amide bonds. The number of carbonyl (C=O) groups excluding carboxylic acids is 7. The number of phenolic OH excluding ortho intramolecular Hbond substituents is 1. The van der Waals surface area contributed by atoms with E-state index in [-0.39, 0.29) is 94.7 Å². The van der Waals surface area contributed by atoms with Crippen molar-refractivity contribution >= 4 is 59.2 Å². The molecule has 0 saturated heterocycles. The minimum absolute atomic E-state index is 0.00885. The van der Waals surface area contributed by atoms with Crippen molar-refractivity contribution in [2.75, 3.05) is 26.2 Å². The fraction of sp³-hybridized carbons (Fsp3) is 0.590. The molecule has 22 N–H and O–H groups in total. The van der Waals surface area contributed by atoms with E-state index in [1.807, 2.05) is 13.8 Å². The molecule has 1 aromatic rings. The summed E-state index contributed by atoms with van der Waals surface area (Å²) in [4.78, 5) is 113. The van der Waals surface area contributed by atoms with E-state index in [0.717, 1.165) is 0 Å². The van der Waals surface area contributed by atoms with Crippen LogP contribution in [-0.4, -0.2) is 132 Å². The van der Waals surface area contributed by atoms with Gasteiger partial charge >= 0.3 is 5.97 Å². The molecule has 25 nitrogen and oxygen atoms in total. The average molecular weight is 906 g/mol. The first-order chi connectivity index (χ1) is 30.2. The molecule has 0 heterocycles. The number of rotatable bonds is 31. The SMILES string of the molecule is CC(C)C[C@H](NC(=O)CN)C(=O)N[C@@H](CCCCN)C(=O)N[C@@H](CCCN=C(N)N)C(=O)N[C@@H](CC(N)=O)C(=O)N[C@@H](CCCN=C(N)N)C(=O)N[C@@H](Cc1ccc(O)cc1)C(=O)O. The van der Waals surface area contributed by atoms with Crippen molar-refractivity contribution in [1.82, 2.24) is 31.9 Å². The molecule has 6 atom stereocenters. The number of carboxylic acid groups (broad SMARTS) is 1. The molecule has 0 saturated carbocycles. The van der Waals surface area contributed by atoms with Crippen LogP contribution in [0, 0.1) is 5.92 Å². The van der Waals surface area contributed by atoms with Crippen LogP contribution in [0.5, 0.6) is 5.75 Å². The number of primary amides is 1. The van der Waals surface area contributed by atoms with Gasteiger partial charge in [0.2, 0.25) is 41.4 Å². The van der Waals surface area contributed by atoms with Crippen LogP contribution in [0.25, 0.3) is 0 Å². The van der Waals surface area contributed by atoms with Crippen LogP contribution >= 0.6 is 0 Å². The molecule has 0 unspecified atom stereocenters. The normalized spacial score (nSPS) is 13.6. The summed E-state index contributed by atoms with van der Waals surface area (Å²) in [6.07, 6.45) is 0.111. The first-order valence-corrected chi connectivity index (χ1v) is 20.8. The van der Waals surface area contributed by atoms with Gasteiger partial charge in [-0.05, 0) is 81.5 Å². The quantitative estimate of drug-likeness (QED) is 0.0189. The van der Waals surface area contributed by atoms with Gasteiger partial charge in [-0.3, -0.25) is 43.5 Å². The van der Waals surface area contributed by atoms with E-state index < -0.39 is 90.0 Å². The maximum absolute atomic E-state index is 14.0. The molecule has 0 fully saturated rings. The third-order valence-corrected chi connectivity index (χ3v) is 9.31. The summed E-state index contributed by atoms with van der Waals surface area (Å²) < 4.78 is 0. The molecule has 0 aromatic heterocycles. The summed E-state index contributed by atoms with van der Waals surface area (Å²) in [5, 5.41) is 34.6. The van der Waals surface area contributed by atoms with Gasteiger partial charge in [0.05, 0.1) is 13.0 Å². The van der Waals surface area contributed by atoms with E-state index in [2.05, 4.69) is 41.9 Å². The van der Waals surface area contributed by atoms with Crippen LogP contribution in [0.1, 0.15) is 77.2 Å². The fourth-order valence-corrected chi connectivity index (χ4v) is 6.10. The Kier molecular flexibility index (Phi) is 25.5. The lowest BCUT2D eigenvalue weighted by atomic mass is 10.0. The Bertz CT molecular complexity index is 1770. The third-order valence-electron chi connectivity index (χ3n) is 9.31. The molecule has 25 heteroatoms. The van der Waals surface area contributed by atoms with Crippen molar-refractivity contribution in [2.45, 2.75) is 114 Å². The highest BCUT2D eigenvalue weighted by Gasteiger charge is 2.34. The number of phenols is 1. The number of benzene rings is 1. The zero-order valence-electron chi connectivity index (χ0n) is 36.3. The Morgan fingerprint density at radius 3 is 1.41 bits per heavy atom. The highest BCUT2D eigenvalue weighted by molar-refractivity contribution is 5.98. The maximum Gasteiger partial charge on any atom is 0.326 e. The van der Waals surface area contributed by atoms with E-state index in [4.69, 9.17) is 40.1 Å². The fourth-order valence-electron chi connectivity index (χ4n) is 6.10. The highest BCUT2D eigenvalue weighted by Crippen LogP contribution is 2.13. The molecule has 0 radical (unpaired) electrons. The summed E-state index contributed by atoms with van der Waals surface area (Å²) in [7, 11) is 0. The van der Waals surface area contributed by atoms with Crippen molar-refractivity contribution in [3.8, 4) is 5.75 Å². The molecule has 358 valence electrons. The third kappa shape index (κ3) is 22.9. The average Bonchev–Trinajstić information content (AvgIpc) is 3.21. The van der Waals surface area contributed by atoms with Crippen molar-refractivity contribution in [1.29, 1.82) is 0 Å². The lowest BCUT2D eigenvalue weighted by Gasteiger charge is -2.27. The number of aromatic hydroxyl groups is 1. The predicted octanol–water partition coefficient (Wildman–Crippen LogP) is -4.96. The predicted molar refractivity (Wildman–Crippen MR) is 236 cm³/mol. The number of carboxylic acids is 1. The molecule has 0 aliphatic rings. The molecule has 0 aliphatic carbocycles. The number of amides is 7. The van der Waals surface area contributed by atoms with Crippen LogP contribution < -0.4 is 72.0 Å². The number of nitrogens with two attached hydrogens (primary N) is 7. The van der Waals surface area contributed by atoms with E-state index >= 15 is 0 Å². The minimum atomic E-state index is -1.73. The van der Waals surface area contributed by atoms with Crippen LogP contribution in [0.4, 0.5) is 0 Å². The molecule has 0 spiro atoms. The van der Waals surface area contributed by atoms with Crippen molar-refractivity contribution in [3.05, 3.63) is 29.8 Å². The van der Waals surface area contributed by atoms with Gasteiger partial charge in [-0.2, -0.15) is 0 Å². The standard InChI is InChI=1S/C39H67N15O10/c1-21(2)17-27(49-31(57)20-41)35(61)51-24(7-3-4-14-40)32(58)50-25(8-5-15-47-38(43)44)33(59)53-28(19-30(42)56)36(62)52-26(9-6-16-48-39(45)46)34(60)54-29(37(63)64)18-22-10-12-23(55)13-11-22/h10-13,21,24-29,55H,3-9,14-20,40-41H2,1-2H3,(H2,42,56)(H,49,57)(H,50,58)(H,51,61)(H,52,62)(H,53,59)(H,54,60)(H,63,64)(H4,43,44,47)(H4,45,46,48)/t24-,25-,26-,27-,28-,29-/m0/s1. The molecule has 1 rings (SSSR count). The number of guanidine groups is 2. The van der Waals surface area contributed by atoms with Gasteiger partial charge in [-0.1, -0.05) is 26.0 Å². The second-order valence-corrected chi connectivity index (χ2v) is 15.3. The Morgan fingerprint density at radius 2 is 1.00 bits per heavy atom.